The molecule has 132 valence electrons. The second-order valence-corrected chi connectivity index (χ2v) is 5.93. The summed E-state index contributed by atoms with van der Waals surface area (Å²) in [6.45, 7) is 5.14. The van der Waals surface area contributed by atoms with Crippen molar-refractivity contribution in [2.45, 2.75) is 45.3 Å². The summed E-state index contributed by atoms with van der Waals surface area (Å²) >= 11 is 0. The molecule has 1 rings (SSSR count). The number of hydrazine groups is 2. The Labute approximate surface area is 139 Å². The number of carbonyl (C=O) groups excluding carboxylic acids is 2. The van der Waals surface area contributed by atoms with Gasteiger partial charge in [0.25, 0.3) is 0 Å². The van der Waals surface area contributed by atoms with E-state index in [1.165, 1.54) is 11.2 Å². The van der Waals surface area contributed by atoms with Crippen LogP contribution >= 0.6 is 0 Å². The molecule has 1 aromatic rings. The molecule has 9 heteroatoms. The zero-order valence-corrected chi connectivity index (χ0v) is 13.9. The molecule has 1 amide bonds. The van der Waals surface area contributed by atoms with Gasteiger partial charge in [-0.3, -0.25) is 9.80 Å². The van der Waals surface area contributed by atoms with Crippen molar-refractivity contribution in [3.63, 3.8) is 0 Å². The van der Waals surface area contributed by atoms with E-state index in [1.807, 2.05) is 0 Å². The Bertz CT molecular complexity index is 559. The van der Waals surface area contributed by atoms with Gasteiger partial charge in [-0.15, -0.1) is 5.53 Å². The molecule has 1 atom stereocenters. The lowest BCUT2D eigenvalue weighted by molar-refractivity contribution is -0.137. The van der Waals surface area contributed by atoms with Gasteiger partial charge in [-0.05, 0) is 39.3 Å². The molecule has 0 aliphatic heterocycles. The predicted octanol–water partition coefficient (Wildman–Crippen LogP) is 1.26. The SMILES string of the molecule is CC(C)(C)OC(=O)NNN(c1ccccn1)[C@H](C=O)CCC(=O)O. The molecule has 0 bridgehead atoms. The van der Waals surface area contributed by atoms with Crippen LogP contribution in [0.5, 0.6) is 0 Å². The highest BCUT2D eigenvalue weighted by molar-refractivity contribution is 5.70. The van der Waals surface area contributed by atoms with Gasteiger partial charge in [0.1, 0.15) is 23.7 Å². The summed E-state index contributed by atoms with van der Waals surface area (Å²) in [5.41, 5.74) is 4.18. The average Bonchev–Trinajstić information content (AvgIpc) is 2.49. The van der Waals surface area contributed by atoms with Crippen LogP contribution in [0.1, 0.15) is 33.6 Å². The zero-order valence-electron chi connectivity index (χ0n) is 13.9. The van der Waals surface area contributed by atoms with Crippen molar-refractivity contribution in [1.29, 1.82) is 0 Å². The van der Waals surface area contributed by atoms with Crippen LogP contribution in [-0.2, 0) is 14.3 Å². The summed E-state index contributed by atoms with van der Waals surface area (Å²) in [5.74, 6) is -0.682. The first-order valence-electron chi connectivity index (χ1n) is 7.35. The molecule has 0 aliphatic carbocycles. The summed E-state index contributed by atoms with van der Waals surface area (Å²) in [4.78, 5) is 37.9. The summed E-state index contributed by atoms with van der Waals surface area (Å²) in [5, 5.41) is 10.1. The van der Waals surface area contributed by atoms with E-state index in [2.05, 4.69) is 15.9 Å². The molecule has 0 aliphatic rings. The average molecular weight is 338 g/mol. The number of nitrogens with one attached hydrogen (secondary N) is 2. The van der Waals surface area contributed by atoms with Gasteiger partial charge in [-0.25, -0.2) is 15.2 Å². The fourth-order valence-corrected chi connectivity index (χ4v) is 1.75. The molecule has 0 spiro atoms. The molecular formula is C15H22N4O5. The van der Waals surface area contributed by atoms with E-state index in [9.17, 15) is 14.4 Å². The lowest BCUT2D eigenvalue weighted by Gasteiger charge is -2.30. The van der Waals surface area contributed by atoms with E-state index >= 15 is 0 Å². The van der Waals surface area contributed by atoms with Crippen molar-refractivity contribution in [2.24, 2.45) is 0 Å². The molecule has 1 heterocycles. The van der Waals surface area contributed by atoms with Crippen molar-refractivity contribution in [3.8, 4) is 0 Å². The number of anilines is 1. The van der Waals surface area contributed by atoms with Gasteiger partial charge in [0, 0.05) is 12.6 Å². The van der Waals surface area contributed by atoms with Crippen LogP contribution in [0.15, 0.2) is 24.4 Å². The largest absolute Gasteiger partial charge is 0.481 e. The monoisotopic (exact) mass is 338 g/mol. The number of nitrogens with zero attached hydrogens (tertiary/aromatic N) is 2. The van der Waals surface area contributed by atoms with Gasteiger partial charge in [0.15, 0.2) is 0 Å². The van der Waals surface area contributed by atoms with E-state index in [0.29, 0.717) is 12.1 Å². The van der Waals surface area contributed by atoms with Gasteiger partial charge in [-0.2, -0.15) is 0 Å². The van der Waals surface area contributed by atoms with E-state index in [1.54, 1.807) is 39.0 Å². The van der Waals surface area contributed by atoms with Gasteiger partial charge in [0.05, 0.1) is 0 Å². The number of carboxylic acid groups (broad SMARTS) is 1. The number of hydrogen-bond acceptors (Lipinski definition) is 7. The number of aldehydes is 1. The molecule has 0 unspecified atom stereocenters. The van der Waals surface area contributed by atoms with E-state index in [-0.39, 0.29) is 12.8 Å². The van der Waals surface area contributed by atoms with Crippen LogP contribution < -0.4 is 16.0 Å². The van der Waals surface area contributed by atoms with Gasteiger partial charge in [-0.1, -0.05) is 6.07 Å². The van der Waals surface area contributed by atoms with Gasteiger partial charge >= 0.3 is 12.1 Å². The van der Waals surface area contributed by atoms with Crippen LogP contribution in [0.4, 0.5) is 10.6 Å². The highest BCUT2D eigenvalue weighted by Gasteiger charge is 2.22. The van der Waals surface area contributed by atoms with Crippen LogP contribution in [0.3, 0.4) is 0 Å². The third kappa shape index (κ3) is 7.05. The maximum Gasteiger partial charge on any atom is 0.423 e. The molecule has 24 heavy (non-hydrogen) atoms. The maximum absolute atomic E-state index is 11.7. The van der Waals surface area contributed by atoms with Crippen molar-refractivity contribution in [2.75, 3.05) is 5.01 Å². The molecule has 0 saturated heterocycles. The number of rotatable bonds is 8. The number of aromatic nitrogens is 1. The summed E-state index contributed by atoms with van der Waals surface area (Å²) in [6.07, 6.45) is 1.18. The molecule has 1 aromatic heterocycles. The second-order valence-electron chi connectivity index (χ2n) is 5.93. The summed E-state index contributed by atoms with van der Waals surface area (Å²) in [6, 6.07) is 4.16. The zero-order chi connectivity index (χ0) is 18.2. The smallest absolute Gasteiger partial charge is 0.423 e. The molecule has 9 nitrogen and oxygen atoms in total. The van der Waals surface area contributed by atoms with Crippen molar-refractivity contribution in [1.82, 2.24) is 15.9 Å². The Kier molecular flexibility index (Phi) is 7.12. The number of hydrogen-bond donors (Lipinski definition) is 3. The molecule has 3 N–H and O–H groups in total. The Morgan fingerprint density at radius 1 is 1.42 bits per heavy atom. The predicted molar refractivity (Wildman–Crippen MR) is 85.9 cm³/mol. The van der Waals surface area contributed by atoms with Crippen LogP contribution in [0, 0.1) is 0 Å². The fourth-order valence-electron chi connectivity index (χ4n) is 1.75. The standard InChI is InChI=1S/C15H22N4O5/c1-15(2,3)24-14(23)17-18-19(12-6-4-5-9-16-12)11(10-20)7-8-13(21)22/h4-6,9-11,18H,7-8H2,1-3H3,(H,17,23)(H,21,22)/t11-/m0/s1. The highest BCUT2D eigenvalue weighted by atomic mass is 16.6. The van der Waals surface area contributed by atoms with E-state index in [0.717, 1.165) is 0 Å². The summed E-state index contributed by atoms with van der Waals surface area (Å²) in [7, 11) is 0. The molecule has 0 saturated carbocycles. The Balaban J connectivity index is 2.83. The third-order valence-electron chi connectivity index (χ3n) is 2.72. The Morgan fingerprint density at radius 2 is 2.12 bits per heavy atom. The lowest BCUT2D eigenvalue weighted by Crippen LogP contribution is -2.56. The number of aliphatic carboxylic acids is 1. The van der Waals surface area contributed by atoms with E-state index < -0.39 is 23.7 Å². The van der Waals surface area contributed by atoms with Crippen LogP contribution in [0.25, 0.3) is 0 Å². The first-order chi connectivity index (χ1) is 11.2. The minimum absolute atomic E-state index is 0.0401. The van der Waals surface area contributed by atoms with Crippen molar-refractivity contribution < 1.29 is 24.2 Å². The minimum Gasteiger partial charge on any atom is -0.481 e. The number of carbonyl (C=O) groups is 3. The first-order valence-corrected chi connectivity index (χ1v) is 7.35. The molecule has 0 aromatic carbocycles. The van der Waals surface area contributed by atoms with E-state index in [4.69, 9.17) is 9.84 Å². The van der Waals surface area contributed by atoms with Gasteiger partial charge in [0.2, 0.25) is 0 Å². The highest BCUT2D eigenvalue weighted by Crippen LogP contribution is 2.13. The minimum atomic E-state index is -1.03. The quantitative estimate of drug-likeness (QED) is 0.478. The second kappa shape index (κ2) is 8.82. The third-order valence-corrected chi connectivity index (χ3v) is 2.72. The molecule has 0 fully saturated rings. The molecule has 0 radical (unpaired) electrons. The normalized spacial score (nSPS) is 12.1. The van der Waals surface area contributed by atoms with Crippen LogP contribution in [-0.4, -0.2) is 40.1 Å². The number of ether oxygens (including phenoxy) is 1. The Hall–Kier alpha value is -2.68. The number of pyridine rings is 1. The van der Waals surface area contributed by atoms with Crippen molar-refractivity contribution >= 4 is 24.2 Å². The topological polar surface area (TPSA) is 121 Å². The fraction of sp³-hybridized carbons (Fsp3) is 0.467. The van der Waals surface area contributed by atoms with Crippen molar-refractivity contribution in [3.05, 3.63) is 24.4 Å². The summed E-state index contributed by atoms with van der Waals surface area (Å²) < 4.78 is 5.09. The van der Waals surface area contributed by atoms with Crippen LogP contribution in [0.2, 0.25) is 0 Å². The Morgan fingerprint density at radius 3 is 2.62 bits per heavy atom. The maximum atomic E-state index is 11.7. The number of amides is 1. The van der Waals surface area contributed by atoms with Gasteiger partial charge < -0.3 is 14.6 Å². The lowest BCUT2D eigenvalue weighted by atomic mass is 10.1. The number of carboxylic acids is 1. The molecular weight excluding hydrogens is 316 g/mol. The first kappa shape index (κ1) is 19.4.